The highest BCUT2D eigenvalue weighted by Gasteiger charge is 2.20. The third-order valence-electron chi connectivity index (χ3n) is 4.49. The predicted molar refractivity (Wildman–Crippen MR) is 99.7 cm³/mol. The Kier molecular flexibility index (Phi) is 5.23. The Balaban J connectivity index is 2.66. The number of rotatable bonds is 2. The minimum atomic E-state index is -0.142. The van der Waals surface area contributed by atoms with Crippen LogP contribution in [0.3, 0.4) is 0 Å². The zero-order valence-electron chi connectivity index (χ0n) is 12.9. The first-order valence-electron chi connectivity index (χ1n) is 6.91. The van der Waals surface area contributed by atoms with E-state index in [4.69, 9.17) is 11.6 Å². The Morgan fingerprint density at radius 1 is 0.714 bits per heavy atom. The van der Waals surface area contributed by atoms with Gasteiger partial charge >= 0.3 is 0 Å². The molecule has 0 saturated carbocycles. The highest BCUT2D eigenvalue weighted by atomic mass is 79.9. The summed E-state index contributed by atoms with van der Waals surface area (Å²) in [4.78, 5) is 0. The molecule has 0 nitrogen and oxygen atoms in total. The summed E-state index contributed by atoms with van der Waals surface area (Å²) in [6, 6.07) is 6.20. The molecule has 0 fully saturated rings. The van der Waals surface area contributed by atoms with E-state index in [9.17, 15) is 0 Å². The molecule has 1 unspecified atom stereocenters. The van der Waals surface area contributed by atoms with Crippen LogP contribution in [0.25, 0.3) is 0 Å². The quantitative estimate of drug-likeness (QED) is 0.447. The molecule has 112 valence electrons. The van der Waals surface area contributed by atoms with Crippen molar-refractivity contribution in [2.45, 2.75) is 40.0 Å². The first-order valence-corrected chi connectivity index (χ1v) is 8.93. The number of alkyl halides is 1. The van der Waals surface area contributed by atoms with Crippen molar-refractivity contribution in [2.24, 2.45) is 0 Å². The van der Waals surface area contributed by atoms with Gasteiger partial charge in [-0.15, -0.1) is 11.6 Å². The lowest BCUT2D eigenvalue weighted by molar-refractivity contribution is 1.03. The van der Waals surface area contributed by atoms with E-state index in [1.165, 1.54) is 33.4 Å². The average Bonchev–Trinajstić information content (AvgIpc) is 2.42. The van der Waals surface area contributed by atoms with Crippen molar-refractivity contribution in [3.8, 4) is 0 Å². The Labute approximate surface area is 149 Å². The van der Waals surface area contributed by atoms with Gasteiger partial charge in [0.2, 0.25) is 0 Å². The van der Waals surface area contributed by atoms with Gasteiger partial charge in [0.1, 0.15) is 0 Å². The van der Waals surface area contributed by atoms with Crippen LogP contribution in [-0.4, -0.2) is 0 Å². The minimum absolute atomic E-state index is 0.142. The second kappa shape index (κ2) is 6.44. The molecule has 0 aliphatic heterocycles. The van der Waals surface area contributed by atoms with E-state index in [0.717, 1.165) is 14.5 Å². The van der Waals surface area contributed by atoms with Crippen LogP contribution in [0.4, 0.5) is 0 Å². The van der Waals surface area contributed by atoms with E-state index in [1.807, 2.05) is 6.07 Å². The van der Waals surface area contributed by atoms with E-state index in [1.54, 1.807) is 0 Å². The highest BCUT2D eigenvalue weighted by Crippen LogP contribution is 2.39. The Morgan fingerprint density at radius 3 is 1.52 bits per heavy atom. The van der Waals surface area contributed by atoms with Crippen LogP contribution in [0.1, 0.15) is 44.3 Å². The van der Waals surface area contributed by atoms with E-state index in [-0.39, 0.29) is 5.38 Å². The molecule has 0 bridgehead atoms. The summed E-state index contributed by atoms with van der Waals surface area (Å²) in [6.07, 6.45) is 0. The largest absolute Gasteiger partial charge is 0.113 e. The molecule has 3 heteroatoms. The van der Waals surface area contributed by atoms with Crippen molar-refractivity contribution in [3.05, 3.63) is 66.1 Å². The van der Waals surface area contributed by atoms with Gasteiger partial charge in [0.15, 0.2) is 0 Å². The normalized spacial score (nSPS) is 12.6. The van der Waals surface area contributed by atoms with Crippen LogP contribution in [-0.2, 0) is 0 Å². The lowest BCUT2D eigenvalue weighted by Crippen LogP contribution is -2.06. The van der Waals surface area contributed by atoms with Gasteiger partial charge in [0, 0.05) is 8.95 Å². The fourth-order valence-electron chi connectivity index (χ4n) is 2.80. The molecule has 0 aliphatic carbocycles. The molecule has 2 aromatic carbocycles. The lowest BCUT2D eigenvalue weighted by atomic mass is 9.86. The van der Waals surface area contributed by atoms with Gasteiger partial charge in [-0.2, -0.15) is 0 Å². The Hall–Kier alpha value is -0.310. The summed E-state index contributed by atoms with van der Waals surface area (Å²) in [5, 5.41) is -0.142. The average molecular weight is 431 g/mol. The number of hydrogen-bond acceptors (Lipinski definition) is 0. The molecule has 0 saturated heterocycles. The van der Waals surface area contributed by atoms with Crippen LogP contribution in [0.15, 0.2) is 27.1 Å². The molecule has 21 heavy (non-hydrogen) atoms. The monoisotopic (exact) mass is 428 g/mol. The van der Waals surface area contributed by atoms with Crippen molar-refractivity contribution < 1.29 is 0 Å². The number of halogens is 3. The molecule has 2 aromatic rings. The van der Waals surface area contributed by atoms with Crippen molar-refractivity contribution in [2.75, 3.05) is 0 Å². The molecule has 2 rings (SSSR count). The zero-order valence-corrected chi connectivity index (χ0v) is 16.9. The first-order chi connectivity index (χ1) is 9.73. The molecule has 0 aliphatic rings. The standard InChI is InChI=1S/C18H19Br2Cl/c1-9-10(2)12(4)17(13(5)11(9)3)18(21)14-6-15(19)8-16(20)7-14/h6-8,18H,1-5H3. The molecule has 0 N–H and O–H groups in total. The van der Waals surface area contributed by atoms with Crippen LogP contribution >= 0.6 is 43.5 Å². The van der Waals surface area contributed by atoms with Crippen LogP contribution in [0.5, 0.6) is 0 Å². The first kappa shape index (κ1) is 17.1. The third kappa shape index (κ3) is 3.23. The van der Waals surface area contributed by atoms with Crippen LogP contribution in [0.2, 0.25) is 0 Å². The Bertz CT molecular complexity index is 656. The van der Waals surface area contributed by atoms with Gasteiger partial charge in [-0.05, 0) is 91.8 Å². The summed E-state index contributed by atoms with van der Waals surface area (Å²) in [5.41, 5.74) is 8.99. The maximum atomic E-state index is 6.84. The van der Waals surface area contributed by atoms with Gasteiger partial charge in [-0.1, -0.05) is 31.9 Å². The second-order valence-electron chi connectivity index (χ2n) is 5.60. The molecule has 0 amide bonds. The van der Waals surface area contributed by atoms with Crippen molar-refractivity contribution in [1.82, 2.24) is 0 Å². The Morgan fingerprint density at radius 2 is 1.10 bits per heavy atom. The summed E-state index contributed by atoms with van der Waals surface area (Å²) >= 11 is 13.9. The maximum absolute atomic E-state index is 6.84. The van der Waals surface area contributed by atoms with E-state index in [0.29, 0.717) is 0 Å². The van der Waals surface area contributed by atoms with Crippen molar-refractivity contribution >= 4 is 43.5 Å². The van der Waals surface area contributed by atoms with E-state index in [2.05, 4.69) is 78.6 Å². The summed E-state index contributed by atoms with van der Waals surface area (Å²) < 4.78 is 2.07. The fourth-order valence-corrected chi connectivity index (χ4v) is 4.58. The van der Waals surface area contributed by atoms with Gasteiger partial charge in [-0.25, -0.2) is 0 Å². The minimum Gasteiger partial charge on any atom is -0.113 e. The molecule has 0 spiro atoms. The molecule has 1 atom stereocenters. The fraction of sp³-hybridized carbons (Fsp3) is 0.333. The summed E-state index contributed by atoms with van der Waals surface area (Å²) in [5.74, 6) is 0. The molecule has 0 aromatic heterocycles. The van der Waals surface area contributed by atoms with Crippen molar-refractivity contribution in [1.29, 1.82) is 0 Å². The molecular weight excluding hydrogens is 411 g/mol. The lowest BCUT2D eigenvalue weighted by Gasteiger charge is -2.22. The molecular formula is C18H19Br2Cl. The summed E-state index contributed by atoms with van der Waals surface area (Å²) in [6.45, 7) is 10.9. The van der Waals surface area contributed by atoms with Crippen molar-refractivity contribution in [3.63, 3.8) is 0 Å². The second-order valence-corrected chi connectivity index (χ2v) is 7.87. The predicted octanol–water partition coefficient (Wildman–Crippen LogP) is 7.08. The van der Waals surface area contributed by atoms with Gasteiger partial charge in [0.25, 0.3) is 0 Å². The van der Waals surface area contributed by atoms with E-state index >= 15 is 0 Å². The smallest absolute Gasteiger partial charge is 0.0841 e. The summed E-state index contributed by atoms with van der Waals surface area (Å²) in [7, 11) is 0. The van der Waals surface area contributed by atoms with Gasteiger partial charge < -0.3 is 0 Å². The van der Waals surface area contributed by atoms with Gasteiger partial charge in [0.05, 0.1) is 5.38 Å². The molecule has 0 radical (unpaired) electrons. The third-order valence-corrected chi connectivity index (χ3v) is 5.87. The molecule has 0 heterocycles. The van der Waals surface area contributed by atoms with Gasteiger partial charge in [-0.3, -0.25) is 0 Å². The SMILES string of the molecule is Cc1c(C)c(C)c(C(Cl)c2cc(Br)cc(Br)c2)c(C)c1C. The highest BCUT2D eigenvalue weighted by molar-refractivity contribution is 9.11. The number of hydrogen-bond donors (Lipinski definition) is 0. The zero-order chi connectivity index (χ0) is 15.9. The number of benzene rings is 2. The van der Waals surface area contributed by atoms with Crippen LogP contribution < -0.4 is 0 Å². The van der Waals surface area contributed by atoms with Crippen LogP contribution in [0, 0.1) is 34.6 Å². The topological polar surface area (TPSA) is 0 Å². The van der Waals surface area contributed by atoms with E-state index < -0.39 is 0 Å². The maximum Gasteiger partial charge on any atom is 0.0841 e.